The van der Waals surface area contributed by atoms with E-state index in [0.29, 0.717) is 5.15 Å². The number of rotatable bonds is 1. The second kappa shape index (κ2) is 4.67. The highest BCUT2D eigenvalue weighted by molar-refractivity contribution is 6.30. The minimum Gasteiger partial charge on any atom is -0.353 e. The van der Waals surface area contributed by atoms with Gasteiger partial charge in [0, 0.05) is 30.7 Å². The maximum absolute atomic E-state index is 6.15. The predicted molar refractivity (Wildman–Crippen MR) is 75.4 cm³/mol. The molecule has 1 aromatic rings. The number of anilines is 1. The van der Waals surface area contributed by atoms with Gasteiger partial charge in [-0.1, -0.05) is 11.6 Å². The molecule has 1 saturated heterocycles. The van der Waals surface area contributed by atoms with Gasteiger partial charge in [0.05, 0.1) is 0 Å². The van der Waals surface area contributed by atoms with Crippen LogP contribution in [0, 0.1) is 13.8 Å². The molecular formula is C13H21ClN4. The number of likely N-dealkylation sites (N-methyl/N-ethyl adjacent to an activating group) is 1. The van der Waals surface area contributed by atoms with Gasteiger partial charge in [0.1, 0.15) is 16.8 Å². The van der Waals surface area contributed by atoms with Gasteiger partial charge in [-0.25, -0.2) is 9.97 Å². The number of aromatic nitrogens is 2. The van der Waals surface area contributed by atoms with Crippen LogP contribution in [0.25, 0.3) is 0 Å². The second-order valence-electron chi connectivity index (χ2n) is 5.67. The van der Waals surface area contributed by atoms with Crippen molar-refractivity contribution < 1.29 is 0 Å². The number of hydrogen-bond donors (Lipinski definition) is 0. The summed E-state index contributed by atoms with van der Waals surface area (Å²) in [6, 6.07) is 0. The molecule has 1 fully saturated rings. The SMILES string of the molecule is Cc1nc(Cl)c(C)c(N2CCN(C)C(C)(C)C2)n1. The largest absolute Gasteiger partial charge is 0.353 e. The summed E-state index contributed by atoms with van der Waals surface area (Å²) in [6.45, 7) is 11.4. The highest BCUT2D eigenvalue weighted by atomic mass is 35.5. The molecule has 0 amide bonds. The summed E-state index contributed by atoms with van der Waals surface area (Å²) in [5.74, 6) is 1.71. The summed E-state index contributed by atoms with van der Waals surface area (Å²) in [5, 5.41) is 0.564. The van der Waals surface area contributed by atoms with Crippen molar-refractivity contribution in [3.63, 3.8) is 0 Å². The summed E-state index contributed by atoms with van der Waals surface area (Å²) in [7, 11) is 2.17. The van der Waals surface area contributed by atoms with E-state index in [0.717, 1.165) is 36.8 Å². The molecule has 1 aliphatic heterocycles. The van der Waals surface area contributed by atoms with Crippen LogP contribution in [0.2, 0.25) is 5.15 Å². The zero-order chi connectivity index (χ0) is 13.5. The first-order valence-corrected chi connectivity index (χ1v) is 6.66. The van der Waals surface area contributed by atoms with E-state index in [2.05, 4.69) is 40.7 Å². The lowest BCUT2D eigenvalue weighted by molar-refractivity contribution is 0.138. The molecule has 0 atom stereocenters. The fourth-order valence-electron chi connectivity index (χ4n) is 2.31. The van der Waals surface area contributed by atoms with Crippen LogP contribution in [0.5, 0.6) is 0 Å². The molecule has 0 N–H and O–H groups in total. The topological polar surface area (TPSA) is 32.3 Å². The molecule has 5 heteroatoms. The standard InChI is InChI=1S/C13H21ClN4/c1-9-11(14)15-10(2)16-12(9)18-7-6-17(5)13(3,4)8-18/h6-8H2,1-5H3. The van der Waals surface area contributed by atoms with E-state index in [9.17, 15) is 0 Å². The molecule has 0 radical (unpaired) electrons. The van der Waals surface area contributed by atoms with Gasteiger partial charge in [0.15, 0.2) is 0 Å². The van der Waals surface area contributed by atoms with Crippen molar-refractivity contribution in [3.05, 3.63) is 16.5 Å². The number of aryl methyl sites for hydroxylation is 1. The number of hydrogen-bond acceptors (Lipinski definition) is 4. The van der Waals surface area contributed by atoms with Gasteiger partial charge in [-0.15, -0.1) is 0 Å². The first-order valence-electron chi connectivity index (χ1n) is 6.28. The monoisotopic (exact) mass is 268 g/mol. The molecule has 2 heterocycles. The number of nitrogens with zero attached hydrogens (tertiary/aromatic N) is 4. The van der Waals surface area contributed by atoms with Crippen molar-refractivity contribution in [2.75, 3.05) is 31.6 Å². The maximum atomic E-state index is 6.15. The summed E-state index contributed by atoms with van der Waals surface area (Å²) in [5.41, 5.74) is 1.12. The van der Waals surface area contributed by atoms with Gasteiger partial charge in [0.2, 0.25) is 0 Å². The van der Waals surface area contributed by atoms with Crippen LogP contribution in [-0.4, -0.2) is 47.1 Å². The normalized spacial score (nSPS) is 20.2. The summed E-state index contributed by atoms with van der Waals surface area (Å²) in [6.07, 6.45) is 0. The molecule has 4 nitrogen and oxygen atoms in total. The van der Waals surface area contributed by atoms with E-state index in [4.69, 9.17) is 11.6 Å². The van der Waals surface area contributed by atoms with Gasteiger partial charge >= 0.3 is 0 Å². The molecular weight excluding hydrogens is 248 g/mol. The molecule has 0 aliphatic carbocycles. The molecule has 1 aromatic heterocycles. The van der Waals surface area contributed by atoms with Gasteiger partial charge in [-0.3, -0.25) is 4.90 Å². The molecule has 0 unspecified atom stereocenters. The number of piperazine rings is 1. The molecule has 0 spiro atoms. The average molecular weight is 269 g/mol. The Kier molecular flexibility index (Phi) is 3.52. The van der Waals surface area contributed by atoms with Crippen LogP contribution >= 0.6 is 11.6 Å². The highest BCUT2D eigenvalue weighted by Gasteiger charge is 2.32. The van der Waals surface area contributed by atoms with E-state index in [1.165, 1.54) is 0 Å². The quantitative estimate of drug-likeness (QED) is 0.732. The third kappa shape index (κ3) is 2.45. The Labute approximate surface area is 114 Å². The summed E-state index contributed by atoms with van der Waals surface area (Å²) >= 11 is 6.15. The van der Waals surface area contributed by atoms with Gasteiger partial charge < -0.3 is 4.90 Å². The highest BCUT2D eigenvalue weighted by Crippen LogP contribution is 2.28. The van der Waals surface area contributed by atoms with Crippen molar-refractivity contribution >= 4 is 17.4 Å². The lowest BCUT2D eigenvalue weighted by Crippen LogP contribution is -2.58. The molecule has 0 saturated carbocycles. The second-order valence-corrected chi connectivity index (χ2v) is 6.02. The van der Waals surface area contributed by atoms with Crippen LogP contribution in [-0.2, 0) is 0 Å². The first kappa shape index (κ1) is 13.6. The Balaban J connectivity index is 2.33. The van der Waals surface area contributed by atoms with E-state index >= 15 is 0 Å². The maximum Gasteiger partial charge on any atom is 0.137 e. The fraction of sp³-hybridized carbons (Fsp3) is 0.692. The van der Waals surface area contributed by atoms with Crippen molar-refractivity contribution in [3.8, 4) is 0 Å². The Morgan fingerprint density at radius 3 is 2.44 bits per heavy atom. The zero-order valence-corrected chi connectivity index (χ0v) is 12.5. The third-order valence-electron chi connectivity index (χ3n) is 3.79. The van der Waals surface area contributed by atoms with Crippen LogP contribution < -0.4 is 4.90 Å². The Morgan fingerprint density at radius 2 is 1.83 bits per heavy atom. The van der Waals surface area contributed by atoms with E-state index in [-0.39, 0.29) is 5.54 Å². The molecule has 18 heavy (non-hydrogen) atoms. The van der Waals surface area contributed by atoms with E-state index in [1.54, 1.807) is 0 Å². The van der Waals surface area contributed by atoms with Crippen LogP contribution in [0.15, 0.2) is 0 Å². The first-order chi connectivity index (χ1) is 8.31. The van der Waals surface area contributed by atoms with Crippen LogP contribution in [0.3, 0.4) is 0 Å². The van der Waals surface area contributed by atoms with Crippen LogP contribution in [0.1, 0.15) is 25.2 Å². The van der Waals surface area contributed by atoms with Crippen molar-refractivity contribution in [2.24, 2.45) is 0 Å². The predicted octanol–water partition coefficient (Wildman–Crippen LogP) is 2.28. The van der Waals surface area contributed by atoms with Crippen molar-refractivity contribution in [1.82, 2.24) is 14.9 Å². The molecule has 2 rings (SSSR count). The molecule has 0 bridgehead atoms. The average Bonchev–Trinajstić information content (AvgIpc) is 2.27. The number of halogens is 1. The van der Waals surface area contributed by atoms with Gasteiger partial charge in [-0.2, -0.15) is 0 Å². The zero-order valence-electron chi connectivity index (χ0n) is 11.8. The summed E-state index contributed by atoms with van der Waals surface area (Å²) < 4.78 is 0. The summed E-state index contributed by atoms with van der Waals surface area (Å²) in [4.78, 5) is 13.5. The Morgan fingerprint density at radius 1 is 1.17 bits per heavy atom. The third-order valence-corrected chi connectivity index (χ3v) is 4.16. The Hall–Kier alpha value is -0.870. The minimum absolute atomic E-state index is 0.149. The van der Waals surface area contributed by atoms with Crippen LogP contribution in [0.4, 0.5) is 5.82 Å². The fourth-order valence-corrected chi connectivity index (χ4v) is 2.52. The lowest BCUT2D eigenvalue weighted by atomic mass is 9.99. The van der Waals surface area contributed by atoms with Gasteiger partial charge in [0.25, 0.3) is 0 Å². The van der Waals surface area contributed by atoms with Crippen molar-refractivity contribution in [2.45, 2.75) is 33.2 Å². The molecule has 100 valence electrons. The molecule has 1 aliphatic rings. The Bertz CT molecular complexity index is 459. The van der Waals surface area contributed by atoms with Gasteiger partial charge in [-0.05, 0) is 34.7 Å². The molecule has 0 aromatic carbocycles. The minimum atomic E-state index is 0.149. The van der Waals surface area contributed by atoms with E-state index in [1.807, 2.05) is 13.8 Å². The lowest BCUT2D eigenvalue weighted by Gasteiger charge is -2.46. The van der Waals surface area contributed by atoms with E-state index < -0.39 is 0 Å². The van der Waals surface area contributed by atoms with Crippen molar-refractivity contribution in [1.29, 1.82) is 0 Å². The smallest absolute Gasteiger partial charge is 0.137 e.